The zero-order chi connectivity index (χ0) is 12.1. The summed E-state index contributed by atoms with van der Waals surface area (Å²) in [6.07, 6.45) is 6.92. The van der Waals surface area contributed by atoms with Gasteiger partial charge in [-0.05, 0) is 38.6 Å². The predicted molar refractivity (Wildman–Crippen MR) is 68.0 cm³/mol. The Morgan fingerprint density at radius 2 is 2.12 bits per heavy atom. The molecule has 2 rings (SSSR count). The minimum atomic E-state index is 0.289. The van der Waals surface area contributed by atoms with E-state index in [1.54, 1.807) is 0 Å². The van der Waals surface area contributed by atoms with E-state index >= 15 is 0 Å². The number of hydrogen-bond donors (Lipinski definition) is 0. The largest absolute Gasteiger partial charge is 0.380 e. The summed E-state index contributed by atoms with van der Waals surface area (Å²) in [4.78, 5) is 14.0. The number of carbonyl (C=O) groups excluding carboxylic acids is 1. The molecule has 2 aliphatic rings. The van der Waals surface area contributed by atoms with Gasteiger partial charge in [0, 0.05) is 32.0 Å². The van der Waals surface area contributed by atoms with Crippen LogP contribution in [0.3, 0.4) is 0 Å². The molecule has 3 heteroatoms. The Balaban J connectivity index is 1.55. The van der Waals surface area contributed by atoms with E-state index < -0.39 is 0 Å². The molecule has 3 nitrogen and oxygen atoms in total. The molecule has 98 valence electrons. The second-order valence-electron chi connectivity index (χ2n) is 5.69. The van der Waals surface area contributed by atoms with Gasteiger partial charge in [-0.15, -0.1) is 0 Å². The maximum absolute atomic E-state index is 11.7. The van der Waals surface area contributed by atoms with Gasteiger partial charge in [0.15, 0.2) is 0 Å². The van der Waals surface area contributed by atoms with E-state index in [1.165, 1.54) is 19.3 Å². The molecular weight excluding hydrogens is 214 g/mol. The highest BCUT2D eigenvalue weighted by Gasteiger charge is 2.23. The Morgan fingerprint density at radius 1 is 1.29 bits per heavy atom. The summed E-state index contributed by atoms with van der Waals surface area (Å²) in [5.74, 6) is 1.61. The van der Waals surface area contributed by atoms with Crippen LogP contribution in [0.5, 0.6) is 0 Å². The van der Waals surface area contributed by atoms with Crippen LogP contribution in [0.25, 0.3) is 0 Å². The van der Waals surface area contributed by atoms with Crippen LogP contribution in [0.1, 0.15) is 38.5 Å². The fourth-order valence-electron chi connectivity index (χ4n) is 2.47. The van der Waals surface area contributed by atoms with Crippen molar-refractivity contribution in [2.45, 2.75) is 38.5 Å². The van der Waals surface area contributed by atoms with Gasteiger partial charge in [0.05, 0.1) is 6.61 Å². The van der Waals surface area contributed by atoms with Gasteiger partial charge in [0.1, 0.15) is 5.78 Å². The van der Waals surface area contributed by atoms with Gasteiger partial charge in [-0.3, -0.25) is 4.79 Å². The fraction of sp³-hybridized carbons (Fsp3) is 0.929. The van der Waals surface area contributed by atoms with Crippen LogP contribution in [0.15, 0.2) is 0 Å². The van der Waals surface area contributed by atoms with Crippen LogP contribution in [-0.2, 0) is 9.53 Å². The van der Waals surface area contributed by atoms with Crippen molar-refractivity contribution < 1.29 is 9.53 Å². The molecule has 0 aromatic carbocycles. The smallest absolute Gasteiger partial charge is 0.137 e. The number of ketones is 1. The van der Waals surface area contributed by atoms with E-state index in [9.17, 15) is 4.79 Å². The van der Waals surface area contributed by atoms with Crippen molar-refractivity contribution in [3.05, 3.63) is 0 Å². The molecule has 0 amide bonds. The summed E-state index contributed by atoms with van der Waals surface area (Å²) in [6.45, 7) is 3.63. The van der Waals surface area contributed by atoms with Gasteiger partial charge >= 0.3 is 0 Å². The molecule has 1 atom stereocenters. The van der Waals surface area contributed by atoms with E-state index in [-0.39, 0.29) is 5.92 Å². The fourth-order valence-corrected chi connectivity index (χ4v) is 2.47. The lowest BCUT2D eigenvalue weighted by Gasteiger charge is -2.25. The lowest BCUT2D eigenvalue weighted by atomic mass is 9.88. The SMILES string of the molecule is CN(CCOCC1CC1)CC1CCCCC1=O. The van der Waals surface area contributed by atoms with E-state index in [0.29, 0.717) is 5.78 Å². The summed E-state index contributed by atoms with van der Waals surface area (Å²) in [6, 6.07) is 0. The minimum Gasteiger partial charge on any atom is -0.380 e. The van der Waals surface area contributed by atoms with E-state index in [0.717, 1.165) is 51.5 Å². The number of carbonyl (C=O) groups is 1. The molecule has 0 aromatic rings. The first-order valence-corrected chi connectivity index (χ1v) is 7.04. The van der Waals surface area contributed by atoms with E-state index in [4.69, 9.17) is 4.74 Å². The van der Waals surface area contributed by atoms with Crippen molar-refractivity contribution in [3.63, 3.8) is 0 Å². The van der Waals surface area contributed by atoms with Crippen LogP contribution in [0, 0.1) is 11.8 Å². The molecule has 0 bridgehead atoms. The topological polar surface area (TPSA) is 29.5 Å². The Hall–Kier alpha value is -0.410. The third kappa shape index (κ3) is 4.76. The van der Waals surface area contributed by atoms with Crippen LogP contribution < -0.4 is 0 Å². The standard InChI is InChI=1S/C14H25NO2/c1-15(8-9-17-11-12-6-7-12)10-13-4-2-3-5-14(13)16/h12-13H,2-11H2,1H3. The quantitative estimate of drug-likeness (QED) is 0.637. The van der Waals surface area contributed by atoms with Crippen molar-refractivity contribution >= 4 is 5.78 Å². The number of ether oxygens (including phenoxy) is 1. The van der Waals surface area contributed by atoms with Crippen LogP contribution in [0.4, 0.5) is 0 Å². The molecule has 0 heterocycles. The lowest BCUT2D eigenvalue weighted by Crippen LogP contribution is -2.34. The molecule has 2 saturated carbocycles. The van der Waals surface area contributed by atoms with Gasteiger partial charge in [-0.1, -0.05) is 6.42 Å². The highest BCUT2D eigenvalue weighted by atomic mass is 16.5. The Morgan fingerprint density at radius 3 is 2.82 bits per heavy atom. The third-order valence-corrected chi connectivity index (χ3v) is 3.88. The van der Waals surface area contributed by atoms with Crippen molar-refractivity contribution in [3.8, 4) is 0 Å². The molecule has 1 unspecified atom stereocenters. The normalized spacial score (nSPS) is 25.5. The lowest BCUT2D eigenvalue weighted by molar-refractivity contribution is -0.125. The average Bonchev–Trinajstić information content (AvgIpc) is 3.12. The first-order chi connectivity index (χ1) is 8.25. The molecule has 2 fully saturated rings. The maximum atomic E-state index is 11.7. The molecule has 17 heavy (non-hydrogen) atoms. The minimum absolute atomic E-state index is 0.289. The van der Waals surface area contributed by atoms with Crippen LogP contribution in [-0.4, -0.2) is 44.0 Å². The van der Waals surface area contributed by atoms with E-state index in [2.05, 4.69) is 11.9 Å². The Labute approximate surface area is 105 Å². The van der Waals surface area contributed by atoms with Gasteiger partial charge in [0.2, 0.25) is 0 Å². The Bertz CT molecular complexity index is 251. The second kappa shape index (κ2) is 6.50. The van der Waals surface area contributed by atoms with Gasteiger partial charge in [0.25, 0.3) is 0 Å². The molecular formula is C14H25NO2. The summed E-state index contributed by atoms with van der Waals surface area (Å²) in [7, 11) is 2.10. The van der Waals surface area contributed by atoms with Crippen molar-refractivity contribution in [1.29, 1.82) is 0 Å². The first kappa shape index (κ1) is 13.0. The highest BCUT2D eigenvalue weighted by molar-refractivity contribution is 5.81. The summed E-state index contributed by atoms with van der Waals surface area (Å²) in [5, 5.41) is 0. The highest BCUT2D eigenvalue weighted by Crippen LogP contribution is 2.28. The third-order valence-electron chi connectivity index (χ3n) is 3.88. The molecule has 0 saturated heterocycles. The molecule has 0 aliphatic heterocycles. The van der Waals surface area contributed by atoms with Crippen LogP contribution >= 0.6 is 0 Å². The summed E-state index contributed by atoms with van der Waals surface area (Å²) >= 11 is 0. The summed E-state index contributed by atoms with van der Waals surface area (Å²) in [5.41, 5.74) is 0. The summed E-state index contributed by atoms with van der Waals surface area (Å²) < 4.78 is 5.62. The van der Waals surface area contributed by atoms with Gasteiger partial charge in [-0.25, -0.2) is 0 Å². The number of hydrogen-bond acceptors (Lipinski definition) is 3. The molecule has 2 aliphatic carbocycles. The number of nitrogens with zero attached hydrogens (tertiary/aromatic N) is 1. The number of Topliss-reactive ketones (excluding diaryl/α,β-unsaturated/α-hetero) is 1. The zero-order valence-electron chi connectivity index (χ0n) is 11.0. The first-order valence-electron chi connectivity index (χ1n) is 7.04. The van der Waals surface area contributed by atoms with Crippen LogP contribution in [0.2, 0.25) is 0 Å². The second-order valence-corrected chi connectivity index (χ2v) is 5.69. The van der Waals surface area contributed by atoms with Crippen molar-refractivity contribution in [2.75, 3.05) is 33.4 Å². The molecule has 0 aromatic heterocycles. The predicted octanol–water partition coefficient (Wildman–Crippen LogP) is 2.10. The van der Waals surface area contributed by atoms with Gasteiger partial charge < -0.3 is 9.64 Å². The Kier molecular flexibility index (Phi) is 4.99. The molecule has 0 N–H and O–H groups in total. The monoisotopic (exact) mass is 239 g/mol. The van der Waals surface area contributed by atoms with Crippen molar-refractivity contribution in [2.24, 2.45) is 11.8 Å². The zero-order valence-corrected chi connectivity index (χ0v) is 11.0. The average molecular weight is 239 g/mol. The maximum Gasteiger partial charge on any atom is 0.137 e. The molecule has 0 spiro atoms. The number of rotatable bonds is 7. The number of likely N-dealkylation sites (N-methyl/N-ethyl adjacent to an activating group) is 1. The molecule has 0 radical (unpaired) electrons. The van der Waals surface area contributed by atoms with E-state index in [1.807, 2.05) is 0 Å². The van der Waals surface area contributed by atoms with Gasteiger partial charge in [-0.2, -0.15) is 0 Å². The van der Waals surface area contributed by atoms with Crippen molar-refractivity contribution in [1.82, 2.24) is 4.90 Å².